The number of hydrogen-bond acceptors (Lipinski definition) is 4. The molecule has 1 aliphatic heterocycles. The minimum absolute atomic E-state index is 0.0663. The Morgan fingerprint density at radius 1 is 1.57 bits per heavy atom. The highest BCUT2D eigenvalue weighted by atomic mass is 16.6. The second-order valence-electron chi connectivity index (χ2n) is 4.11. The van der Waals surface area contributed by atoms with E-state index in [1.807, 2.05) is 0 Å². The molecule has 1 heterocycles. The maximum atomic E-state index is 11.0. The van der Waals surface area contributed by atoms with Crippen LogP contribution in [-0.2, 0) is 14.3 Å². The Morgan fingerprint density at radius 3 is 3.07 bits per heavy atom. The normalized spacial score (nSPS) is 40.8. The van der Waals surface area contributed by atoms with Crippen molar-refractivity contribution in [2.45, 2.75) is 37.9 Å². The summed E-state index contributed by atoms with van der Waals surface area (Å²) in [6.45, 7) is 0. The van der Waals surface area contributed by atoms with Crippen molar-refractivity contribution in [2.75, 3.05) is 0 Å². The van der Waals surface area contributed by atoms with Gasteiger partial charge >= 0.3 is 5.97 Å². The zero-order valence-electron chi connectivity index (χ0n) is 7.89. The lowest BCUT2D eigenvalue weighted by molar-refractivity contribution is -0.141. The molecule has 1 N–H and O–H groups in total. The molecule has 0 bridgehead atoms. The molecule has 0 unspecified atom stereocenters. The van der Waals surface area contributed by atoms with Crippen molar-refractivity contribution < 1.29 is 19.4 Å². The fourth-order valence-corrected chi connectivity index (χ4v) is 2.64. The first-order valence-corrected chi connectivity index (χ1v) is 5.03. The summed E-state index contributed by atoms with van der Waals surface area (Å²) in [4.78, 5) is 21.3. The van der Waals surface area contributed by atoms with Crippen LogP contribution in [0.1, 0.15) is 25.7 Å². The van der Waals surface area contributed by atoms with Crippen molar-refractivity contribution in [3.05, 3.63) is 0 Å². The lowest BCUT2D eigenvalue weighted by Gasteiger charge is -2.17. The van der Waals surface area contributed by atoms with E-state index in [2.05, 4.69) is 0 Å². The van der Waals surface area contributed by atoms with Crippen molar-refractivity contribution in [3.63, 3.8) is 0 Å². The minimum atomic E-state index is -0.405. The Kier molecular flexibility index (Phi) is 2.54. The molecule has 0 spiro atoms. The van der Waals surface area contributed by atoms with Gasteiger partial charge in [0.2, 0.25) is 0 Å². The molecule has 2 aliphatic rings. The monoisotopic (exact) mass is 198 g/mol. The van der Waals surface area contributed by atoms with E-state index in [0.717, 1.165) is 6.29 Å². The number of carbonyl (C=O) groups excluding carboxylic acids is 2. The Hall–Kier alpha value is -0.900. The van der Waals surface area contributed by atoms with Crippen LogP contribution >= 0.6 is 0 Å². The molecule has 1 aliphatic carbocycles. The van der Waals surface area contributed by atoms with Gasteiger partial charge in [-0.3, -0.25) is 4.79 Å². The molecule has 78 valence electrons. The van der Waals surface area contributed by atoms with Crippen LogP contribution in [-0.4, -0.2) is 29.6 Å². The number of esters is 1. The summed E-state index contributed by atoms with van der Waals surface area (Å²) >= 11 is 0. The molecule has 0 aromatic carbocycles. The summed E-state index contributed by atoms with van der Waals surface area (Å²) in [6, 6.07) is 0. The SMILES string of the molecule is O=CCC[C@@H]1[C@H]2CC(=O)O[C@H]2C[C@H]1O. The van der Waals surface area contributed by atoms with Crippen molar-refractivity contribution in [2.24, 2.45) is 11.8 Å². The van der Waals surface area contributed by atoms with Crippen LogP contribution in [0, 0.1) is 11.8 Å². The number of hydrogen-bond donors (Lipinski definition) is 1. The number of aliphatic hydroxyl groups is 1. The maximum absolute atomic E-state index is 11.0. The predicted molar refractivity (Wildman–Crippen MR) is 47.4 cm³/mol. The lowest BCUT2D eigenvalue weighted by atomic mass is 9.88. The second-order valence-corrected chi connectivity index (χ2v) is 4.11. The molecular formula is C10H14O4. The van der Waals surface area contributed by atoms with Crippen molar-refractivity contribution in [1.82, 2.24) is 0 Å². The predicted octanol–water partition coefficient (Wildman–Crippen LogP) is 0.278. The van der Waals surface area contributed by atoms with Gasteiger partial charge in [0.25, 0.3) is 0 Å². The third kappa shape index (κ3) is 1.54. The third-order valence-corrected chi connectivity index (χ3v) is 3.30. The first-order chi connectivity index (χ1) is 6.72. The summed E-state index contributed by atoms with van der Waals surface area (Å²) in [5.41, 5.74) is 0. The lowest BCUT2D eigenvalue weighted by Crippen LogP contribution is -2.20. The Morgan fingerprint density at radius 2 is 2.36 bits per heavy atom. The topological polar surface area (TPSA) is 63.6 Å². The van der Waals surface area contributed by atoms with Crippen LogP contribution in [0.15, 0.2) is 0 Å². The molecular weight excluding hydrogens is 184 g/mol. The van der Waals surface area contributed by atoms with Crippen LogP contribution in [0.4, 0.5) is 0 Å². The van der Waals surface area contributed by atoms with Gasteiger partial charge in [0.05, 0.1) is 12.5 Å². The number of fused-ring (bicyclic) bond motifs is 1. The third-order valence-electron chi connectivity index (χ3n) is 3.30. The number of aldehydes is 1. The molecule has 14 heavy (non-hydrogen) atoms. The highest BCUT2D eigenvalue weighted by Crippen LogP contribution is 2.43. The Balaban J connectivity index is 2.00. The van der Waals surface area contributed by atoms with Crippen LogP contribution in [0.2, 0.25) is 0 Å². The highest BCUT2D eigenvalue weighted by molar-refractivity contribution is 5.72. The molecule has 4 atom stereocenters. The summed E-state index contributed by atoms with van der Waals surface area (Å²) in [5, 5.41) is 9.70. The van der Waals surface area contributed by atoms with Gasteiger partial charge in [-0.05, 0) is 12.3 Å². The van der Waals surface area contributed by atoms with E-state index in [1.54, 1.807) is 0 Å². The summed E-state index contributed by atoms with van der Waals surface area (Å²) in [5.74, 6) is 0.0390. The van der Waals surface area contributed by atoms with Gasteiger partial charge < -0.3 is 14.6 Å². The molecule has 0 amide bonds. The molecule has 2 fully saturated rings. The van der Waals surface area contributed by atoms with Crippen molar-refractivity contribution in [1.29, 1.82) is 0 Å². The minimum Gasteiger partial charge on any atom is -0.462 e. The summed E-state index contributed by atoms with van der Waals surface area (Å²) < 4.78 is 5.08. The molecule has 4 nitrogen and oxygen atoms in total. The molecule has 2 rings (SSSR count). The largest absolute Gasteiger partial charge is 0.462 e. The number of carbonyl (C=O) groups is 2. The average Bonchev–Trinajstić information content (AvgIpc) is 2.58. The van der Waals surface area contributed by atoms with E-state index in [9.17, 15) is 14.7 Å². The zero-order valence-corrected chi connectivity index (χ0v) is 7.89. The molecule has 4 heteroatoms. The fourth-order valence-electron chi connectivity index (χ4n) is 2.64. The van der Waals surface area contributed by atoms with E-state index < -0.39 is 6.10 Å². The van der Waals surface area contributed by atoms with Crippen LogP contribution < -0.4 is 0 Å². The molecule has 0 radical (unpaired) electrons. The van der Waals surface area contributed by atoms with Crippen molar-refractivity contribution in [3.8, 4) is 0 Å². The van der Waals surface area contributed by atoms with E-state index in [0.29, 0.717) is 25.7 Å². The first kappa shape index (κ1) is 9.65. The van der Waals surface area contributed by atoms with E-state index >= 15 is 0 Å². The van der Waals surface area contributed by atoms with Crippen LogP contribution in [0.25, 0.3) is 0 Å². The van der Waals surface area contributed by atoms with Gasteiger partial charge in [-0.2, -0.15) is 0 Å². The summed E-state index contributed by atoms with van der Waals surface area (Å²) in [7, 11) is 0. The number of rotatable bonds is 3. The van der Waals surface area contributed by atoms with Gasteiger partial charge in [-0.15, -0.1) is 0 Å². The van der Waals surface area contributed by atoms with E-state index in [4.69, 9.17) is 4.74 Å². The van der Waals surface area contributed by atoms with Crippen molar-refractivity contribution >= 4 is 12.3 Å². The van der Waals surface area contributed by atoms with E-state index in [-0.39, 0.29) is 23.9 Å². The standard InChI is InChI=1S/C10H14O4/c11-3-1-2-6-7-4-10(13)14-9(7)5-8(6)12/h3,6-9,12H,1-2,4-5H2/t6-,7-,8-,9+/m1/s1. The van der Waals surface area contributed by atoms with Gasteiger partial charge in [-0.1, -0.05) is 0 Å². The van der Waals surface area contributed by atoms with Gasteiger partial charge in [0.1, 0.15) is 12.4 Å². The smallest absolute Gasteiger partial charge is 0.306 e. The summed E-state index contributed by atoms with van der Waals surface area (Å²) in [6.07, 6.45) is 2.43. The first-order valence-electron chi connectivity index (χ1n) is 5.03. The van der Waals surface area contributed by atoms with Gasteiger partial charge in [0, 0.05) is 18.8 Å². The number of aliphatic hydroxyl groups excluding tert-OH is 1. The molecule has 0 aromatic rings. The van der Waals surface area contributed by atoms with E-state index in [1.165, 1.54) is 0 Å². The van der Waals surface area contributed by atoms with Gasteiger partial charge in [0.15, 0.2) is 0 Å². The molecule has 0 aromatic heterocycles. The van der Waals surface area contributed by atoms with Crippen LogP contribution in [0.3, 0.4) is 0 Å². The highest BCUT2D eigenvalue weighted by Gasteiger charge is 2.48. The maximum Gasteiger partial charge on any atom is 0.306 e. The number of ether oxygens (including phenoxy) is 1. The second kappa shape index (κ2) is 3.69. The molecule has 1 saturated carbocycles. The quantitative estimate of drug-likeness (QED) is 0.522. The average molecular weight is 198 g/mol. The Bertz CT molecular complexity index is 251. The van der Waals surface area contributed by atoms with Crippen LogP contribution in [0.5, 0.6) is 0 Å². The molecule has 1 saturated heterocycles. The Labute approximate surface area is 82.2 Å². The van der Waals surface area contributed by atoms with Gasteiger partial charge in [-0.25, -0.2) is 0 Å². The fraction of sp³-hybridized carbons (Fsp3) is 0.800. The zero-order chi connectivity index (χ0) is 10.1.